The minimum absolute atomic E-state index is 0.228. The summed E-state index contributed by atoms with van der Waals surface area (Å²) >= 11 is 0. The van der Waals surface area contributed by atoms with E-state index in [1.165, 1.54) is 6.33 Å². The van der Waals surface area contributed by atoms with Gasteiger partial charge in [-0.25, -0.2) is 15.0 Å². The fourth-order valence-corrected chi connectivity index (χ4v) is 2.38. The van der Waals surface area contributed by atoms with Gasteiger partial charge in [-0.15, -0.1) is 6.42 Å². The minimum atomic E-state index is -0.710. The van der Waals surface area contributed by atoms with Crippen LogP contribution in [0.5, 0.6) is 0 Å². The Bertz CT molecular complexity index is 680. The third-order valence-corrected chi connectivity index (χ3v) is 3.41. The van der Waals surface area contributed by atoms with Gasteiger partial charge < -0.3 is 20.3 Å². The van der Waals surface area contributed by atoms with Crippen LogP contribution in [0.1, 0.15) is 12.6 Å². The van der Waals surface area contributed by atoms with Crippen LogP contribution in [0.25, 0.3) is 11.2 Å². The summed E-state index contributed by atoms with van der Waals surface area (Å²) in [6.45, 7) is 0.110. The van der Waals surface area contributed by atoms with Crippen molar-refractivity contribution in [1.29, 1.82) is 0 Å². The third-order valence-electron chi connectivity index (χ3n) is 3.41. The van der Waals surface area contributed by atoms with Crippen molar-refractivity contribution in [2.75, 3.05) is 18.5 Å². The second-order valence-corrected chi connectivity index (χ2v) is 4.72. The summed E-state index contributed by atoms with van der Waals surface area (Å²) in [5, 5.41) is 21.9. The van der Waals surface area contributed by atoms with Crippen molar-refractivity contribution in [1.82, 2.24) is 19.5 Å². The van der Waals surface area contributed by atoms with Crippen LogP contribution >= 0.6 is 0 Å². The second kappa shape index (κ2) is 5.65. The maximum absolute atomic E-state index is 9.81. The highest BCUT2D eigenvalue weighted by Gasteiger charge is 2.35. The van der Waals surface area contributed by atoms with Gasteiger partial charge in [0, 0.05) is 6.42 Å². The summed E-state index contributed by atoms with van der Waals surface area (Å²) in [6.07, 6.45) is 6.86. The number of ether oxygens (including phenoxy) is 1. The molecule has 0 radical (unpaired) electrons. The largest absolute Gasteiger partial charge is 0.394 e. The van der Waals surface area contributed by atoms with Gasteiger partial charge in [0.1, 0.15) is 18.7 Å². The standard InChI is InChI=1S/C13H15N5O3/c1-2-3-14-12-11-13(16-6-15-12)18(7-17-11)10-4-8(20)9(5-19)21-10/h1,6-10,19-20H,3-5H2,(H,14,15,16)/t8?,9-,10-/m1/s1. The maximum atomic E-state index is 9.81. The number of aliphatic hydroxyl groups is 2. The van der Waals surface area contributed by atoms with Crippen molar-refractivity contribution in [3.63, 3.8) is 0 Å². The number of aliphatic hydroxyl groups excluding tert-OH is 2. The lowest BCUT2D eigenvalue weighted by atomic mass is 10.2. The number of anilines is 1. The van der Waals surface area contributed by atoms with E-state index in [0.717, 1.165) is 0 Å². The summed E-state index contributed by atoms with van der Waals surface area (Å²) in [4.78, 5) is 12.6. The summed E-state index contributed by atoms with van der Waals surface area (Å²) in [5.41, 5.74) is 1.17. The zero-order chi connectivity index (χ0) is 14.8. The summed E-state index contributed by atoms with van der Waals surface area (Å²) in [7, 11) is 0. The number of fused-ring (bicyclic) bond motifs is 1. The Morgan fingerprint density at radius 3 is 3.05 bits per heavy atom. The molecule has 21 heavy (non-hydrogen) atoms. The molecule has 3 N–H and O–H groups in total. The van der Waals surface area contributed by atoms with Crippen molar-refractivity contribution < 1.29 is 14.9 Å². The Labute approximate surface area is 120 Å². The average Bonchev–Trinajstić information content (AvgIpc) is 3.08. The highest BCUT2D eigenvalue weighted by atomic mass is 16.5. The van der Waals surface area contributed by atoms with Crippen molar-refractivity contribution in [2.45, 2.75) is 24.9 Å². The highest BCUT2D eigenvalue weighted by molar-refractivity contribution is 5.82. The molecule has 0 spiro atoms. The van der Waals surface area contributed by atoms with Crippen LogP contribution in [-0.2, 0) is 4.74 Å². The summed E-state index contributed by atoms with van der Waals surface area (Å²) in [6, 6.07) is 0. The molecule has 110 valence electrons. The monoisotopic (exact) mass is 289 g/mol. The van der Waals surface area contributed by atoms with Gasteiger partial charge in [-0.3, -0.25) is 4.57 Å². The van der Waals surface area contributed by atoms with E-state index in [2.05, 4.69) is 26.2 Å². The zero-order valence-electron chi connectivity index (χ0n) is 11.2. The van der Waals surface area contributed by atoms with E-state index in [0.29, 0.717) is 29.9 Å². The van der Waals surface area contributed by atoms with E-state index in [-0.39, 0.29) is 6.61 Å². The highest BCUT2D eigenvalue weighted by Crippen LogP contribution is 2.31. The second-order valence-electron chi connectivity index (χ2n) is 4.72. The van der Waals surface area contributed by atoms with E-state index < -0.39 is 18.4 Å². The SMILES string of the molecule is C#CCNc1ncnc2c1ncn2[C@H]1CC(O)[C@@H](CO)O1. The van der Waals surface area contributed by atoms with Crippen LogP contribution in [0.2, 0.25) is 0 Å². The molecule has 1 unspecified atom stereocenters. The molecule has 8 nitrogen and oxygen atoms in total. The Balaban J connectivity index is 1.93. The normalized spacial score (nSPS) is 25.1. The van der Waals surface area contributed by atoms with Gasteiger partial charge in [-0.2, -0.15) is 0 Å². The minimum Gasteiger partial charge on any atom is -0.394 e. The van der Waals surface area contributed by atoms with Crippen LogP contribution in [-0.4, -0.2) is 55.1 Å². The fourth-order valence-electron chi connectivity index (χ4n) is 2.38. The lowest BCUT2D eigenvalue weighted by Gasteiger charge is -2.13. The molecule has 3 atom stereocenters. The first kappa shape index (κ1) is 13.8. The average molecular weight is 289 g/mol. The van der Waals surface area contributed by atoms with Crippen molar-refractivity contribution in [3.05, 3.63) is 12.7 Å². The molecule has 0 amide bonds. The van der Waals surface area contributed by atoms with Gasteiger partial charge in [0.2, 0.25) is 0 Å². The van der Waals surface area contributed by atoms with E-state index in [4.69, 9.17) is 16.3 Å². The smallest absolute Gasteiger partial charge is 0.167 e. The van der Waals surface area contributed by atoms with E-state index in [9.17, 15) is 5.11 Å². The number of terminal acetylenes is 1. The molecule has 0 aliphatic carbocycles. The number of nitrogens with one attached hydrogen (secondary N) is 1. The van der Waals surface area contributed by atoms with Crippen molar-refractivity contribution in [2.24, 2.45) is 0 Å². The van der Waals surface area contributed by atoms with Crippen LogP contribution in [0.3, 0.4) is 0 Å². The molecule has 1 saturated heterocycles. The van der Waals surface area contributed by atoms with Crippen LogP contribution in [0.15, 0.2) is 12.7 Å². The fraction of sp³-hybridized carbons (Fsp3) is 0.462. The van der Waals surface area contributed by atoms with Gasteiger partial charge in [0.25, 0.3) is 0 Å². The Hall–Kier alpha value is -2.21. The summed E-state index contributed by atoms with van der Waals surface area (Å²) in [5.74, 6) is 3.02. The molecule has 0 saturated carbocycles. The number of hydrogen-bond acceptors (Lipinski definition) is 7. The number of rotatable bonds is 4. The topological polar surface area (TPSA) is 105 Å². The van der Waals surface area contributed by atoms with Gasteiger partial charge in [0.05, 0.1) is 25.6 Å². The van der Waals surface area contributed by atoms with Crippen molar-refractivity contribution in [3.8, 4) is 12.3 Å². The molecule has 3 heterocycles. The van der Waals surface area contributed by atoms with Gasteiger partial charge in [-0.05, 0) is 0 Å². The molecular formula is C13H15N5O3. The molecule has 0 bridgehead atoms. The number of imidazole rings is 1. The first-order valence-corrected chi connectivity index (χ1v) is 6.54. The Morgan fingerprint density at radius 2 is 2.33 bits per heavy atom. The van der Waals surface area contributed by atoms with Gasteiger partial charge in [0.15, 0.2) is 17.0 Å². The third kappa shape index (κ3) is 2.42. The molecule has 1 aliphatic rings. The lowest BCUT2D eigenvalue weighted by Crippen LogP contribution is -2.24. The number of aromatic nitrogens is 4. The molecule has 2 aromatic heterocycles. The zero-order valence-corrected chi connectivity index (χ0v) is 11.2. The van der Waals surface area contributed by atoms with E-state index in [1.54, 1.807) is 10.9 Å². The van der Waals surface area contributed by atoms with Gasteiger partial charge >= 0.3 is 0 Å². The predicted octanol–water partition coefficient (Wildman–Crippen LogP) is -0.488. The molecule has 1 aliphatic heterocycles. The Kier molecular flexibility index (Phi) is 3.70. The quantitative estimate of drug-likeness (QED) is 0.652. The summed E-state index contributed by atoms with van der Waals surface area (Å²) < 4.78 is 7.33. The molecule has 3 rings (SSSR count). The first-order chi connectivity index (χ1) is 10.2. The maximum Gasteiger partial charge on any atom is 0.167 e. The molecule has 1 fully saturated rings. The molecule has 2 aromatic rings. The molecule has 8 heteroatoms. The van der Waals surface area contributed by atoms with E-state index >= 15 is 0 Å². The lowest BCUT2D eigenvalue weighted by molar-refractivity contribution is -0.0432. The Morgan fingerprint density at radius 1 is 1.48 bits per heavy atom. The van der Waals surface area contributed by atoms with Gasteiger partial charge in [-0.1, -0.05) is 5.92 Å². The molecular weight excluding hydrogens is 274 g/mol. The van der Waals surface area contributed by atoms with Crippen LogP contribution < -0.4 is 5.32 Å². The van der Waals surface area contributed by atoms with Crippen molar-refractivity contribution >= 4 is 17.0 Å². The van der Waals surface area contributed by atoms with Crippen LogP contribution in [0, 0.1) is 12.3 Å². The number of hydrogen-bond donors (Lipinski definition) is 3. The first-order valence-electron chi connectivity index (χ1n) is 6.54. The van der Waals surface area contributed by atoms with E-state index in [1.807, 2.05) is 0 Å². The number of nitrogens with zero attached hydrogens (tertiary/aromatic N) is 4. The molecule has 0 aromatic carbocycles. The van der Waals surface area contributed by atoms with Crippen LogP contribution in [0.4, 0.5) is 5.82 Å². The predicted molar refractivity (Wildman–Crippen MR) is 74.3 cm³/mol.